The number of fused-ring (bicyclic) bond motifs is 1. The summed E-state index contributed by atoms with van der Waals surface area (Å²) in [6.45, 7) is 1.09. The minimum absolute atomic E-state index is 0.0506. The average molecular weight is 462 g/mol. The molecule has 2 fully saturated rings. The van der Waals surface area contributed by atoms with E-state index < -0.39 is 23.1 Å². The molecule has 1 saturated carbocycles. The van der Waals surface area contributed by atoms with Crippen LogP contribution < -0.4 is 10.6 Å². The van der Waals surface area contributed by atoms with E-state index in [1.54, 1.807) is 6.20 Å². The van der Waals surface area contributed by atoms with Gasteiger partial charge in [-0.1, -0.05) is 0 Å². The van der Waals surface area contributed by atoms with Crippen molar-refractivity contribution in [2.75, 3.05) is 23.8 Å². The van der Waals surface area contributed by atoms with E-state index in [2.05, 4.69) is 25.6 Å². The van der Waals surface area contributed by atoms with E-state index in [-0.39, 0.29) is 24.1 Å². The van der Waals surface area contributed by atoms with Crippen LogP contribution in [-0.2, 0) is 4.74 Å². The standard InChI is InChI=1S/C22H25F3N6O2/c23-12-9-16(24)19(17(25)10-12)29-22-28-18-11-26-21(27-13-1-3-15(32)4-2-13)30-20(18)31(22)14-5-7-33-8-6-14/h9-11,13-15,32H,1-8H2,(H,28,29)(H,26,27,30)/t13-,15-. The molecule has 33 heavy (non-hydrogen) atoms. The minimum atomic E-state index is -1.05. The van der Waals surface area contributed by atoms with Gasteiger partial charge in [-0.05, 0) is 38.5 Å². The van der Waals surface area contributed by atoms with Crippen molar-refractivity contribution in [2.24, 2.45) is 0 Å². The summed E-state index contributed by atoms with van der Waals surface area (Å²) < 4.78 is 49.3. The Balaban J connectivity index is 1.51. The maximum absolute atomic E-state index is 14.3. The van der Waals surface area contributed by atoms with Crippen molar-refractivity contribution in [1.29, 1.82) is 0 Å². The second kappa shape index (κ2) is 9.14. The number of anilines is 3. The highest BCUT2D eigenvalue weighted by molar-refractivity contribution is 5.76. The van der Waals surface area contributed by atoms with Crippen molar-refractivity contribution >= 4 is 28.7 Å². The van der Waals surface area contributed by atoms with Crippen LogP contribution >= 0.6 is 0 Å². The Morgan fingerprint density at radius 2 is 1.67 bits per heavy atom. The van der Waals surface area contributed by atoms with Gasteiger partial charge in [-0.25, -0.2) is 23.1 Å². The van der Waals surface area contributed by atoms with Gasteiger partial charge in [-0.15, -0.1) is 0 Å². The van der Waals surface area contributed by atoms with Crippen LogP contribution in [0.1, 0.15) is 44.6 Å². The summed E-state index contributed by atoms with van der Waals surface area (Å²) >= 11 is 0. The van der Waals surface area contributed by atoms with E-state index in [0.717, 1.165) is 25.7 Å². The lowest BCUT2D eigenvalue weighted by Gasteiger charge is -2.27. The van der Waals surface area contributed by atoms with Gasteiger partial charge in [0.1, 0.15) is 17.0 Å². The van der Waals surface area contributed by atoms with Crippen LogP contribution in [0.4, 0.5) is 30.8 Å². The number of aliphatic hydroxyl groups is 1. The second-order valence-corrected chi connectivity index (χ2v) is 8.57. The largest absolute Gasteiger partial charge is 0.393 e. The highest BCUT2D eigenvalue weighted by Gasteiger charge is 2.26. The van der Waals surface area contributed by atoms with E-state index >= 15 is 0 Å². The van der Waals surface area contributed by atoms with E-state index in [0.29, 0.717) is 55.3 Å². The van der Waals surface area contributed by atoms with Crippen molar-refractivity contribution in [3.63, 3.8) is 0 Å². The number of hydrogen-bond donors (Lipinski definition) is 3. The zero-order valence-electron chi connectivity index (χ0n) is 17.9. The maximum atomic E-state index is 14.3. The van der Waals surface area contributed by atoms with E-state index in [1.807, 2.05) is 4.57 Å². The molecule has 2 aromatic heterocycles. The van der Waals surface area contributed by atoms with E-state index in [4.69, 9.17) is 4.74 Å². The Morgan fingerprint density at radius 3 is 2.36 bits per heavy atom. The van der Waals surface area contributed by atoms with Gasteiger partial charge in [0.2, 0.25) is 11.9 Å². The number of rotatable bonds is 5. The molecule has 0 radical (unpaired) electrons. The summed E-state index contributed by atoms with van der Waals surface area (Å²) in [5.41, 5.74) is 0.518. The summed E-state index contributed by atoms with van der Waals surface area (Å²) in [5.74, 6) is -2.46. The number of benzene rings is 1. The molecule has 3 N–H and O–H groups in total. The molecule has 3 heterocycles. The lowest BCUT2D eigenvalue weighted by Crippen LogP contribution is -2.29. The fourth-order valence-electron chi connectivity index (χ4n) is 4.51. The minimum Gasteiger partial charge on any atom is -0.393 e. The Labute approximate surface area is 188 Å². The molecule has 0 amide bonds. The first kappa shape index (κ1) is 21.9. The maximum Gasteiger partial charge on any atom is 0.224 e. The molecule has 1 saturated heterocycles. The first-order valence-corrected chi connectivity index (χ1v) is 11.2. The highest BCUT2D eigenvalue weighted by Crippen LogP contribution is 2.33. The number of imidazole rings is 1. The van der Waals surface area contributed by atoms with Crippen LogP contribution in [0.3, 0.4) is 0 Å². The molecule has 0 unspecified atom stereocenters. The normalized spacial score (nSPS) is 21.9. The summed E-state index contributed by atoms with van der Waals surface area (Å²) in [6, 6.07) is 1.35. The molecule has 0 atom stereocenters. The molecule has 0 spiro atoms. The van der Waals surface area contributed by atoms with Crippen molar-refractivity contribution in [3.8, 4) is 0 Å². The average Bonchev–Trinajstić information content (AvgIpc) is 3.15. The van der Waals surface area contributed by atoms with Gasteiger partial charge in [0, 0.05) is 37.4 Å². The highest BCUT2D eigenvalue weighted by atomic mass is 19.1. The van der Waals surface area contributed by atoms with E-state index in [9.17, 15) is 18.3 Å². The first-order chi connectivity index (χ1) is 16.0. The Morgan fingerprint density at radius 1 is 0.970 bits per heavy atom. The predicted octanol–water partition coefficient (Wildman–Crippen LogP) is 4.05. The molecule has 3 aromatic rings. The quantitative estimate of drug-likeness (QED) is 0.526. The Hall–Kier alpha value is -2.92. The molecule has 2 aliphatic rings. The molecular weight excluding hydrogens is 437 g/mol. The lowest BCUT2D eigenvalue weighted by molar-refractivity contribution is 0.0710. The lowest BCUT2D eigenvalue weighted by atomic mass is 9.93. The van der Waals surface area contributed by atoms with Gasteiger partial charge in [0.15, 0.2) is 17.3 Å². The SMILES string of the molecule is O[C@H]1CC[C@H](Nc2ncc3nc(Nc4c(F)cc(F)cc4F)n(C4CCOCC4)c3n2)CC1. The number of aromatic nitrogens is 4. The number of ether oxygens (including phenoxy) is 1. The van der Waals surface area contributed by atoms with Crippen molar-refractivity contribution < 1.29 is 23.0 Å². The third-order valence-electron chi connectivity index (χ3n) is 6.26. The Bertz CT molecular complexity index is 1120. The van der Waals surface area contributed by atoms with Gasteiger partial charge in [0.05, 0.1) is 12.3 Å². The van der Waals surface area contributed by atoms with Gasteiger partial charge in [-0.3, -0.25) is 4.57 Å². The number of aliphatic hydroxyl groups excluding tert-OH is 1. The molecule has 5 rings (SSSR count). The summed E-state index contributed by atoms with van der Waals surface area (Å²) in [6.07, 6.45) is 5.76. The smallest absolute Gasteiger partial charge is 0.224 e. The number of nitrogens with zero attached hydrogens (tertiary/aromatic N) is 4. The van der Waals surface area contributed by atoms with Crippen molar-refractivity contribution in [1.82, 2.24) is 19.5 Å². The zero-order valence-corrected chi connectivity index (χ0v) is 17.9. The van der Waals surface area contributed by atoms with Crippen molar-refractivity contribution in [2.45, 2.75) is 56.7 Å². The number of hydrogen-bond acceptors (Lipinski definition) is 7. The third kappa shape index (κ3) is 4.60. The number of halogens is 3. The molecule has 1 aliphatic carbocycles. The molecular formula is C22H25F3N6O2. The fourth-order valence-corrected chi connectivity index (χ4v) is 4.51. The summed E-state index contributed by atoms with van der Waals surface area (Å²) in [4.78, 5) is 13.5. The summed E-state index contributed by atoms with van der Waals surface area (Å²) in [5, 5.41) is 15.8. The molecule has 1 aliphatic heterocycles. The van der Waals surface area contributed by atoms with E-state index in [1.165, 1.54) is 0 Å². The topological polar surface area (TPSA) is 97.1 Å². The first-order valence-electron chi connectivity index (χ1n) is 11.2. The molecule has 1 aromatic carbocycles. The summed E-state index contributed by atoms with van der Waals surface area (Å²) in [7, 11) is 0. The van der Waals surface area contributed by atoms with Gasteiger partial charge < -0.3 is 20.5 Å². The Kier molecular flexibility index (Phi) is 6.07. The predicted molar refractivity (Wildman–Crippen MR) is 116 cm³/mol. The van der Waals surface area contributed by atoms with Crippen LogP contribution in [0.25, 0.3) is 11.2 Å². The zero-order chi connectivity index (χ0) is 22.9. The fraction of sp³-hybridized carbons (Fsp3) is 0.500. The van der Waals surface area contributed by atoms with Crippen LogP contribution in [0.2, 0.25) is 0 Å². The molecule has 8 nitrogen and oxygen atoms in total. The second-order valence-electron chi connectivity index (χ2n) is 8.57. The van der Waals surface area contributed by atoms with Gasteiger partial charge in [0.25, 0.3) is 0 Å². The van der Waals surface area contributed by atoms with Crippen LogP contribution in [-0.4, -0.2) is 50.0 Å². The van der Waals surface area contributed by atoms with Crippen LogP contribution in [0, 0.1) is 17.5 Å². The van der Waals surface area contributed by atoms with Crippen LogP contribution in [0.5, 0.6) is 0 Å². The number of nitrogens with one attached hydrogen (secondary N) is 2. The van der Waals surface area contributed by atoms with Crippen molar-refractivity contribution in [3.05, 3.63) is 35.8 Å². The monoisotopic (exact) mass is 462 g/mol. The van der Waals surface area contributed by atoms with Gasteiger partial charge in [-0.2, -0.15) is 4.98 Å². The molecule has 11 heteroatoms. The van der Waals surface area contributed by atoms with Gasteiger partial charge >= 0.3 is 0 Å². The third-order valence-corrected chi connectivity index (χ3v) is 6.26. The molecule has 176 valence electrons. The molecule has 0 bridgehead atoms. The van der Waals surface area contributed by atoms with Crippen LogP contribution in [0.15, 0.2) is 18.3 Å².